The maximum Gasteiger partial charge on any atom is 0.0703 e. The highest BCUT2D eigenvalue weighted by molar-refractivity contribution is 7.27. The van der Waals surface area contributed by atoms with E-state index in [1.165, 1.54) is 30.2 Å². The van der Waals surface area contributed by atoms with Crippen molar-refractivity contribution in [3.63, 3.8) is 0 Å². The molecule has 0 atom stereocenters. The smallest absolute Gasteiger partial charge is 0.0703 e. The molecule has 0 fully saturated rings. The van der Waals surface area contributed by atoms with Gasteiger partial charge in [-0.1, -0.05) is 0 Å². The zero-order valence-electron chi connectivity index (χ0n) is 9.13. The molecule has 0 saturated carbocycles. The summed E-state index contributed by atoms with van der Waals surface area (Å²) in [5.41, 5.74) is 2.84. The predicted octanol–water partition coefficient (Wildman–Crippen LogP) is 4.55. The van der Waals surface area contributed by atoms with Gasteiger partial charge in [-0.05, 0) is 32.9 Å². The van der Waals surface area contributed by atoms with Crippen LogP contribution >= 0.6 is 22.7 Å². The SMILES string of the molecule is CCn1c2cc(C)sc2c2sc(C)cc21. The van der Waals surface area contributed by atoms with Crippen molar-refractivity contribution < 1.29 is 0 Å². The number of hydrogen-bond acceptors (Lipinski definition) is 2. The zero-order chi connectivity index (χ0) is 10.6. The zero-order valence-corrected chi connectivity index (χ0v) is 10.8. The van der Waals surface area contributed by atoms with Crippen molar-refractivity contribution in [2.75, 3.05) is 0 Å². The maximum absolute atomic E-state index is 2.43. The molecule has 0 saturated heterocycles. The minimum Gasteiger partial charge on any atom is -0.339 e. The molecule has 3 heterocycles. The highest BCUT2D eigenvalue weighted by Crippen LogP contribution is 2.39. The van der Waals surface area contributed by atoms with Crippen LogP contribution < -0.4 is 0 Å². The molecule has 0 aliphatic heterocycles. The Kier molecular flexibility index (Phi) is 1.94. The summed E-state index contributed by atoms with van der Waals surface area (Å²) in [5.74, 6) is 0. The first-order valence-electron chi connectivity index (χ1n) is 5.19. The quantitative estimate of drug-likeness (QED) is 0.583. The summed E-state index contributed by atoms with van der Waals surface area (Å²) < 4.78 is 5.38. The molecule has 0 aromatic carbocycles. The van der Waals surface area contributed by atoms with Gasteiger partial charge in [-0.3, -0.25) is 0 Å². The summed E-state index contributed by atoms with van der Waals surface area (Å²) in [7, 11) is 0. The molecular formula is C12H13NS2. The second-order valence-corrected chi connectivity index (χ2v) is 6.40. The van der Waals surface area contributed by atoms with Gasteiger partial charge in [-0.2, -0.15) is 0 Å². The average Bonchev–Trinajstić information content (AvgIpc) is 2.76. The minimum atomic E-state index is 1.06. The van der Waals surface area contributed by atoms with Gasteiger partial charge in [0.1, 0.15) is 0 Å². The average molecular weight is 235 g/mol. The number of aromatic nitrogens is 1. The molecule has 15 heavy (non-hydrogen) atoms. The van der Waals surface area contributed by atoms with Crippen molar-refractivity contribution in [1.82, 2.24) is 4.57 Å². The molecule has 0 N–H and O–H groups in total. The highest BCUT2D eigenvalue weighted by Gasteiger charge is 2.14. The Balaban J connectivity index is 2.56. The normalized spacial score (nSPS) is 11.9. The standard InChI is InChI=1S/C12H13NS2/c1-4-13-9-5-7(2)14-11(9)12-10(13)6-8(3)15-12/h5-6H,4H2,1-3H3. The van der Waals surface area contributed by atoms with Gasteiger partial charge >= 0.3 is 0 Å². The van der Waals surface area contributed by atoms with Gasteiger partial charge in [0.2, 0.25) is 0 Å². The number of fused-ring (bicyclic) bond motifs is 3. The largest absolute Gasteiger partial charge is 0.339 e. The van der Waals surface area contributed by atoms with E-state index in [2.05, 4.69) is 37.5 Å². The third-order valence-corrected chi connectivity index (χ3v) is 5.02. The van der Waals surface area contributed by atoms with Gasteiger partial charge in [0, 0.05) is 16.3 Å². The fraction of sp³-hybridized carbons (Fsp3) is 0.333. The monoisotopic (exact) mass is 235 g/mol. The second-order valence-electron chi connectivity index (χ2n) is 3.89. The van der Waals surface area contributed by atoms with Gasteiger partial charge in [-0.15, -0.1) is 22.7 Å². The molecule has 0 unspecified atom stereocenters. The van der Waals surface area contributed by atoms with Crippen LogP contribution in [-0.4, -0.2) is 4.57 Å². The summed E-state index contributed by atoms with van der Waals surface area (Å²) in [6.07, 6.45) is 0. The number of nitrogens with zero attached hydrogens (tertiary/aromatic N) is 1. The lowest BCUT2D eigenvalue weighted by molar-refractivity contribution is 0.828. The molecule has 0 aliphatic rings. The van der Waals surface area contributed by atoms with E-state index in [1.807, 2.05) is 22.7 Å². The lowest BCUT2D eigenvalue weighted by atomic mass is 10.4. The number of thiophene rings is 2. The van der Waals surface area contributed by atoms with E-state index in [9.17, 15) is 0 Å². The number of rotatable bonds is 1. The molecule has 3 aromatic heterocycles. The van der Waals surface area contributed by atoms with Crippen LogP contribution in [0, 0.1) is 13.8 Å². The van der Waals surface area contributed by atoms with Gasteiger partial charge < -0.3 is 4.57 Å². The topological polar surface area (TPSA) is 4.93 Å². The highest BCUT2D eigenvalue weighted by atomic mass is 32.1. The molecule has 78 valence electrons. The molecule has 3 heteroatoms. The Morgan fingerprint density at radius 3 is 1.87 bits per heavy atom. The van der Waals surface area contributed by atoms with Crippen LogP contribution in [0.4, 0.5) is 0 Å². The second kappa shape index (κ2) is 3.09. The lowest BCUT2D eigenvalue weighted by Gasteiger charge is -1.98. The summed E-state index contributed by atoms with van der Waals surface area (Å²) in [6.45, 7) is 7.67. The van der Waals surface area contributed by atoms with Crippen LogP contribution in [0.2, 0.25) is 0 Å². The third kappa shape index (κ3) is 1.20. The summed E-state index contributed by atoms with van der Waals surface area (Å²) >= 11 is 3.84. The van der Waals surface area contributed by atoms with Crippen molar-refractivity contribution in [3.05, 3.63) is 21.9 Å². The van der Waals surface area contributed by atoms with Crippen molar-refractivity contribution >= 4 is 43.1 Å². The molecule has 0 bridgehead atoms. The first kappa shape index (κ1) is 9.43. The van der Waals surface area contributed by atoms with Crippen molar-refractivity contribution in [3.8, 4) is 0 Å². The molecule has 0 amide bonds. The van der Waals surface area contributed by atoms with Crippen LogP contribution in [0.1, 0.15) is 16.7 Å². The maximum atomic E-state index is 2.43. The molecule has 0 spiro atoms. The van der Waals surface area contributed by atoms with E-state index in [0.29, 0.717) is 0 Å². The van der Waals surface area contributed by atoms with Gasteiger partial charge in [0.25, 0.3) is 0 Å². The van der Waals surface area contributed by atoms with E-state index >= 15 is 0 Å². The Morgan fingerprint density at radius 1 is 1.00 bits per heavy atom. The van der Waals surface area contributed by atoms with Crippen molar-refractivity contribution in [2.24, 2.45) is 0 Å². The molecule has 0 aliphatic carbocycles. The Morgan fingerprint density at radius 2 is 1.47 bits per heavy atom. The van der Waals surface area contributed by atoms with Gasteiger partial charge in [0.15, 0.2) is 0 Å². The minimum absolute atomic E-state index is 1.06. The molecule has 1 nitrogen and oxygen atoms in total. The predicted molar refractivity (Wildman–Crippen MR) is 70.3 cm³/mol. The fourth-order valence-electron chi connectivity index (χ4n) is 2.20. The number of aryl methyl sites for hydroxylation is 3. The van der Waals surface area contributed by atoms with Crippen LogP contribution in [-0.2, 0) is 6.54 Å². The third-order valence-electron chi connectivity index (χ3n) is 2.78. The van der Waals surface area contributed by atoms with Crippen LogP contribution in [0.25, 0.3) is 20.4 Å². The van der Waals surface area contributed by atoms with Crippen LogP contribution in [0.15, 0.2) is 12.1 Å². The van der Waals surface area contributed by atoms with Crippen molar-refractivity contribution in [2.45, 2.75) is 27.3 Å². The van der Waals surface area contributed by atoms with Gasteiger partial charge in [0.05, 0.1) is 20.4 Å². The van der Waals surface area contributed by atoms with E-state index in [4.69, 9.17) is 0 Å². The number of hydrogen-bond donors (Lipinski definition) is 0. The first-order chi connectivity index (χ1) is 7.20. The summed E-state index contributed by atoms with van der Waals surface area (Å²) in [4.78, 5) is 2.82. The molecule has 3 rings (SSSR count). The Labute approximate surface area is 97.0 Å². The van der Waals surface area contributed by atoms with Crippen LogP contribution in [0.5, 0.6) is 0 Å². The Bertz CT molecular complexity index is 585. The van der Waals surface area contributed by atoms with E-state index < -0.39 is 0 Å². The fourth-order valence-corrected chi connectivity index (χ4v) is 4.38. The summed E-state index contributed by atoms with van der Waals surface area (Å²) in [5, 5.41) is 0. The van der Waals surface area contributed by atoms with E-state index in [0.717, 1.165) is 6.54 Å². The molecule has 3 aromatic rings. The molecule has 0 radical (unpaired) electrons. The summed E-state index contributed by atoms with van der Waals surface area (Å²) in [6, 6.07) is 4.62. The molecular weight excluding hydrogens is 222 g/mol. The Hall–Kier alpha value is -0.800. The van der Waals surface area contributed by atoms with E-state index in [-0.39, 0.29) is 0 Å². The van der Waals surface area contributed by atoms with Crippen molar-refractivity contribution in [1.29, 1.82) is 0 Å². The van der Waals surface area contributed by atoms with Crippen LogP contribution in [0.3, 0.4) is 0 Å². The lowest BCUT2D eigenvalue weighted by Crippen LogP contribution is -1.90. The van der Waals surface area contributed by atoms with E-state index in [1.54, 1.807) is 0 Å². The van der Waals surface area contributed by atoms with Gasteiger partial charge in [-0.25, -0.2) is 0 Å². The first-order valence-corrected chi connectivity index (χ1v) is 6.82.